The molecule has 0 amide bonds. The van der Waals surface area contributed by atoms with E-state index in [-0.39, 0.29) is 17.6 Å². The molecule has 0 heterocycles. The molecule has 0 saturated heterocycles. The molecular weight excluding hydrogens is 222 g/mol. The van der Waals surface area contributed by atoms with Gasteiger partial charge in [0.25, 0.3) is 5.69 Å². The van der Waals surface area contributed by atoms with Gasteiger partial charge in [-0.05, 0) is 26.0 Å². The second-order valence-electron chi connectivity index (χ2n) is 4.71. The van der Waals surface area contributed by atoms with Crippen molar-refractivity contribution in [3.63, 3.8) is 0 Å². The molecular formula is C12H13NO4. The van der Waals surface area contributed by atoms with Crippen LogP contribution in [0.15, 0.2) is 24.3 Å². The quantitative estimate of drug-likeness (QED) is 0.595. The predicted molar refractivity (Wildman–Crippen MR) is 60.9 cm³/mol. The van der Waals surface area contributed by atoms with Gasteiger partial charge in [-0.1, -0.05) is 0 Å². The molecule has 1 unspecified atom stereocenters. The lowest BCUT2D eigenvalue weighted by Gasteiger charge is -2.41. The maximum Gasteiger partial charge on any atom is 0.269 e. The van der Waals surface area contributed by atoms with Gasteiger partial charge in [0.1, 0.15) is 17.6 Å². The first-order chi connectivity index (χ1) is 7.91. The number of ether oxygens (including phenoxy) is 1. The number of nitro groups is 1. The Hall–Kier alpha value is -1.91. The average Bonchev–Trinajstić information content (AvgIpc) is 2.29. The Balaban J connectivity index is 2.06. The zero-order valence-electron chi connectivity index (χ0n) is 9.67. The Bertz CT molecular complexity index is 464. The van der Waals surface area contributed by atoms with Crippen LogP contribution in [0.2, 0.25) is 0 Å². The third kappa shape index (κ3) is 2.00. The molecule has 1 atom stereocenters. The number of ketones is 1. The molecule has 1 fully saturated rings. The van der Waals surface area contributed by atoms with Gasteiger partial charge in [0, 0.05) is 18.6 Å². The molecule has 0 aromatic heterocycles. The van der Waals surface area contributed by atoms with Crippen molar-refractivity contribution >= 4 is 11.5 Å². The van der Waals surface area contributed by atoms with Crippen LogP contribution in [-0.4, -0.2) is 16.8 Å². The van der Waals surface area contributed by atoms with Crippen LogP contribution in [0.4, 0.5) is 5.69 Å². The lowest BCUT2D eigenvalue weighted by Crippen LogP contribution is -2.52. The summed E-state index contributed by atoms with van der Waals surface area (Å²) in [6.45, 7) is 3.68. The minimum absolute atomic E-state index is 0.0290. The molecule has 0 spiro atoms. The number of nitro benzene ring substituents is 1. The summed E-state index contributed by atoms with van der Waals surface area (Å²) in [6.07, 6.45) is 0.265. The minimum atomic E-state index is -0.458. The van der Waals surface area contributed by atoms with Crippen molar-refractivity contribution in [1.82, 2.24) is 0 Å². The number of carbonyl (C=O) groups is 1. The third-order valence-corrected chi connectivity index (χ3v) is 3.22. The van der Waals surface area contributed by atoms with E-state index in [0.29, 0.717) is 12.2 Å². The molecule has 0 N–H and O–H groups in total. The maximum atomic E-state index is 11.3. The van der Waals surface area contributed by atoms with Crippen LogP contribution in [0.25, 0.3) is 0 Å². The molecule has 1 aliphatic carbocycles. The zero-order chi connectivity index (χ0) is 12.6. The van der Waals surface area contributed by atoms with Gasteiger partial charge < -0.3 is 4.74 Å². The largest absolute Gasteiger partial charge is 0.489 e. The Morgan fingerprint density at radius 3 is 2.35 bits per heavy atom. The second-order valence-corrected chi connectivity index (χ2v) is 4.71. The topological polar surface area (TPSA) is 69.4 Å². The van der Waals surface area contributed by atoms with Crippen LogP contribution < -0.4 is 4.74 Å². The highest BCUT2D eigenvalue weighted by molar-refractivity contribution is 5.91. The first-order valence-electron chi connectivity index (χ1n) is 5.35. The van der Waals surface area contributed by atoms with Gasteiger partial charge in [-0.2, -0.15) is 0 Å². The summed E-state index contributed by atoms with van der Waals surface area (Å²) >= 11 is 0. The molecule has 90 valence electrons. The predicted octanol–water partition coefficient (Wildman–Crippen LogP) is 2.34. The molecule has 1 aromatic carbocycles. The molecule has 1 aliphatic rings. The number of carbonyl (C=O) groups excluding carboxylic acids is 1. The van der Waals surface area contributed by atoms with Crippen LogP contribution in [0.3, 0.4) is 0 Å². The fraction of sp³-hybridized carbons (Fsp3) is 0.417. The molecule has 0 radical (unpaired) electrons. The van der Waals surface area contributed by atoms with Crippen LogP contribution in [0.1, 0.15) is 20.3 Å². The average molecular weight is 235 g/mol. The van der Waals surface area contributed by atoms with Crippen molar-refractivity contribution < 1.29 is 14.5 Å². The number of nitrogens with zero attached hydrogens (tertiary/aromatic N) is 1. The van der Waals surface area contributed by atoms with E-state index in [1.54, 1.807) is 12.1 Å². The Labute approximate surface area is 98.5 Å². The lowest BCUT2D eigenvalue weighted by atomic mass is 9.68. The number of hydrogen-bond acceptors (Lipinski definition) is 4. The van der Waals surface area contributed by atoms with Crippen molar-refractivity contribution in [2.75, 3.05) is 0 Å². The van der Waals surface area contributed by atoms with E-state index < -0.39 is 10.3 Å². The highest BCUT2D eigenvalue weighted by atomic mass is 16.6. The highest BCUT2D eigenvalue weighted by Gasteiger charge is 2.49. The molecule has 1 saturated carbocycles. The Kier molecular flexibility index (Phi) is 2.61. The van der Waals surface area contributed by atoms with Gasteiger partial charge in [-0.15, -0.1) is 0 Å². The fourth-order valence-corrected chi connectivity index (χ4v) is 1.73. The van der Waals surface area contributed by atoms with Gasteiger partial charge >= 0.3 is 0 Å². The van der Waals surface area contributed by atoms with Crippen LogP contribution >= 0.6 is 0 Å². The van der Waals surface area contributed by atoms with Crippen LogP contribution in [0.5, 0.6) is 5.75 Å². The van der Waals surface area contributed by atoms with E-state index in [0.717, 1.165) is 0 Å². The smallest absolute Gasteiger partial charge is 0.269 e. The van der Waals surface area contributed by atoms with Crippen molar-refractivity contribution in [1.29, 1.82) is 0 Å². The van der Waals surface area contributed by atoms with E-state index in [4.69, 9.17) is 4.74 Å². The second kappa shape index (κ2) is 3.84. The van der Waals surface area contributed by atoms with E-state index in [9.17, 15) is 14.9 Å². The van der Waals surface area contributed by atoms with Crippen molar-refractivity contribution in [3.8, 4) is 5.75 Å². The molecule has 5 heteroatoms. The fourth-order valence-electron chi connectivity index (χ4n) is 1.73. The van der Waals surface area contributed by atoms with E-state index >= 15 is 0 Å². The summed E-state index contributed by atoms with van der Waals surface area (Å²) in [5, 5.41) is 10.5. The van der Waals surface area contributed by atoms with Gasteiger partial charge in [-0.3, -0.25) is 14.9 Å². The van der Waals surface area contributed by atoms with Gasteiger partial charge in [0.15, 0.2) is 0 Å². The SMILES string of the molecule is CC1(C)C(=O)CC1Oc1ccc([N+](=O)[O-])cc1. The molecule has 17 heavy (non-hydrogen) atoms. The monoisotopic (exact) mass is 235 g/mol. The van der Waals surface area contributed by atoms with Crippen molar-refractivity contribution in [3.05, 3.63) is 34.4 Å². The molecule has 0 aliphatic heterocycles. The number of rotatable bonds is 3. The molecule has 0 bridgehead atoms. The van der Waals surface area contributed by atoms with Gasteiger partial charge in [0.2, 0.25) is 0 Å². The number of Topliss-reactive ketones (excluding diaryl/α,β-unsaturated/α-hetero) is 1. The standard InChI is InChI=1S/C12H13NO4/c1-12(2)10(14)7-11(12)17-9-5-3-8(4-6-9)13(15)16/h3-6,11H,7H2,1-2H3. The van der Waals surface area contributed by atoms with E-state index in [1.165, 1.54) is 12.1 Å². The number of benzene rings is 1. The molecule has 1 aromatic rings. The van der Waals surface area contributed by atoms with Crippen LogP contribution in [-0.2, 0) is 4.79 Å². The van der Waals surface area contributed by atoms with E-state index in [2.05, 4.69) is 0 Å². The summed E-state index contributed by atoms with van der Waals surface area (Å²) < 4.78 is 5.63. The molecule has 5 nitrogen and oxygen atoms in total. The first kappa shape index (κ1) is 11.6. The third-order valence-electron chi connectivity index (χ3n) is 3.22. The normalized spacial score (nSPS) is 21.8. The van der Waals surface area contributed by atoms with Crippen molar-refractivity contribution in [2.45, 2.75) is 26.4 Å². The lowest BCUT2D eigenvalue weighted by molar-refractivity contribution is -0.384. The summed E-state index contributed by atoms with van der Waals surface area (Å²) in [5.41, 5.74) is -0.428. The Morgan fingerprint density at radius 1 is 1.35 bits per heavy atom. The van der Waals surface area contributed by atoms with E-state index in [1.807, 2.05) is 13.8 Å². The van der Waals surface area contributed by atoms with Crippen molar-refractivity contribution in [2.24, 2.45) is 5.41 Å². The summed E-state index contributed by atoms with van der Waals surface area (Å²) in [4.78, 5) is 21.3. The number of non-ortho nitro benzene ring substituents is 1. The minimum Gasteiger partial charge on any atom is -0.489 e. The Morgan fingerprint density at radius 2 is 1.94 bits per heavy atom. The first-order valence-corrected chi connectivity index (χ1v) is 5.35. The maximum absolute atomic E-state index is 11.3. The highest BCUT2D eigenvalue weighted by Crippen LogP contribution is 2.39. The van der Waals surface area contributed by atoms with Gasteiger partial charge in [0.05, 0.1) is 10.3 Å². The van der Waals surface area contributed by atoms with Gasteiger partial charge in [-0.25, -0.2) is 0 Å². The molecule has 2 rings (SSSR count). The zero-order valence-corrected chi connectivity index (χ0v) is 9.67. The summed E-state index contributed by atoms with van der Waals surface area (Å²) in [6, 6.07) is 5.89. The van der Waals surface area contributed by atoms with Crippen LogP contribution in [0, 0.1) is 15.5 Å². The summed E-state index contributed by atoms with van der Waals surface area (Å²) in [5.74, 6) is 0.741. The number of hydrogen-bond donors (Lipinski definition) is 0. The summed E-state index contributed by atoms with van der Waals surface area (Å²) in [7, 11) is 0.